The van der Waals surface area contributed by atoms with Crippen LogP contribution in [0.2, 0.25) is 0 Å². The maximum atomic E-state index is 11.5. The Morgan fingerprint density at radius 1 is 1.67 bits per heavy atom. The van der Waals surface area contributed by atoms with Gasteiger partial charge in [-0.15, -0.1) is 0 Å². The van der Waals surface area contributed by atoms with Crippen LogP contribution in [-0.2, 0) is 4.74 Å². The molecule has 2 aromatic heterocycles. The quantitative estimate of drug-likeness (QED) is 0.784. The van der Waals surface area contributed by atoms with Crippen LogP contribution in [0.3, 0.4) is 0 Å². The fraction of sp³-hybridized carbons (Fsp3) is 0.545. The van der Waals surface area contributed by atoms with Gasteiger partial charge in [-0.3, -0.25) is 9.36 Å². The molecule has 0 spiro atoms. The summed E-state index contributed by atoms with van der Waals surface area (Å²) in [5, 5.41) is 9.32. The van der Waals surface area contributed by atoms with Crippen molar-refractivity contribution >= 4 is 11.2 Å². The summed E-state index contributed by atoms with van der Waals surface area (Å²) in [6, 6.07) is 0. The third kappa shape index (κ3) is 1.63. The number of nitrogens with one attached hydrogen (secondary N) is 1. The fourth-order valence-electron chi connectivity index (χ4n) is 2.20. The lowest BCUT2D eigenvalue weighted by Gasteiger charge is -2.17. The molecule has 0 unspecified atom stereocenters. The fourth-order valence-corrected chi connectivity index (χ4v) is 2.20. The summed E-state index contributed by atoms with van der Waals surface area (Å²) < 4.78 is 7.40. The van der Waals surface area contributed by atoms with E-state index >= 15 is 0 Å². The van der Waals surface area contributed by atoms with Crippen LogP contribution in [0.5, 0.6) is 0 Å². The van der Waals surface area contributed by atoms with Gasteiger partial charge in [-0.25, -0.2) is 9.97 Å². The minimum absolute atomic E-state index is 0.0736. The molecule has 0 radical (unpaired) electrons. The van der Waals surface area contributed by atoms with Gasteiger partial charge in [-0.1, -0.05) is 6.92 Å². The number of rotatable bonds is 2. The highest BCUT2D eigenvalue weighted by Crippen LogP contribution is 2.37. The highest BCUT2D eigenvalue weighted by Gasteiger charge is 2.37. The summed E-state index contributed by atoms with van der Waals surface area (Å²) in [6.07, 6.45) is 3.34. The molecular weight excluding hydrogens is 236 g/mol. The molecule has 0 aliphatic carbocycles. The molecule has 0 amide bonds. The van der Waals surface area contributed by atoms with E-state index in [0.29, 0.717) is 24.2 Å². The highest BCUT2D eigenvalue weighted by atomic mass is 16.5. The molecule has 7 heteroatoms. The Hall–Kier alpha value is -1.73. The van der Waals surface area contributed by atoms with Crippen LogP contribution < -0.4 is 5.56 Å². The van der Waals surface area contributed by atoms with E-state index in [9.17, 15) is 9.90 Å². The van der Waals surface area contributed by atoms with Gasteiger partial charge in [0.05, 0.1) is 25.9 Å². The monoisotopic (exact) mass is 250 g/mol. The topological polar surface area (TPSA) is 93.0 Å². The second-order valence-corrected chi connectivity index (χ2v) is 4.99. The Morgan fingerprint density at radius 2 is 2.50 bits per heavy atom. The number of imidazole rings is 1. The number of fused-ring (bicyclic) bond motifs is 1. The van der Waals surface area contributed by atoms with Crippen molar-refractivity contribution < 1.29 is 9.84 Å². The molecule has 1 aliphatic heterocycles. The normalized spacial score (nSPS) is 28.0. The van der Waals surface area contributed by atoms with Crippen molar-refractivity contribution in [2.75, 3.05) is 13.2 Å². The van der Waals surface area contributed by atoms with Gasteiger partial charge in [0, 0.05) is 11.8 Å². The zero-order valence-electron chi connectivity index (χ0n) is 9.96. The molecule has 2 atom stereocenters. The third-order valence-electron chi connectivity index (χ3n) is 3.35. The minimum Gasteiger partial charge on any atom is -0.396 e. The summed E-state index contributed by atoms with van der Waals surface area (Å²) in [5.41, 5.74) is 0.300. The van der Waals surface area contributed by atoms with Gasteiger partial charge < -0.3 is 14.8 Å². The number of aliphatic hydroxyl groups is 1. The van der Waals surface area contributed by atoms with Gasteiger partial charge in [0.25, 0.3) is 5.56 Å². The SMILES string of the molecule is C[C@@]1(CO)CO[C@H](n2cnc3c(=O)[nH]cnc32)C1. The average Bonchev–Trinajstić information content (AvgIpc) is 2.94. The van der Waals surface area contributed by atoms with Crippen molar-refractivity contribution in [3.05, 3.63) is 23.0 Å². The summed E-state index contributed by atoms with van der Waals surface area (Å²) in [7, 11) is 0. The molecule has 1 aliphatic rings. The second kappa shape index (κ2) is 3.89. The first-order chi connectivity index (χ1) is 8.63. The smallest absolute Gasteiger partial charge is 0.278 e. The third-order valence-corrected chi connectivity index (χ3v) is 3.35. The van der Waals surface area contributed by atoms with E-state index in [4.69, 9.17) is 4.74 Å². The molecule has 3 rings (SSSR count). The predicted molar refractivity (Wildman–Crippen MR) is 62.9 cm³/mol. The maximum absolute atomic E-state index is 11.5. The zero-order chi connectivity index (χ0) is 12.8. The van der Waals surface area contributed by atoms with Gasteiger partial charge in [0.1, 0.15) is 6.23 Å². The number of aromatic nitrogens is 4. The minimum atomic E-state index is -0.262. The summed E-state index contributed by atoms with van der Waals surface area (Å²) in [4.78, 5) is 22.2. The van der Waals surface area contributed by atoms with E-state index in [-0.39, 0.29) is 23.8 Å². The lowest BCUT2D eigenvalue weighted by Crippen LogP contribution is -2.21. The van der Waals surface area contributed by atoms with Crippen molar-refractivity contribution in [1.29, 1.82) is 0 Å². The Bertz CT molecular complexity index is 634. The maximum Gasteiger partial charge on any atom is 0.278 e. The second-order valence-electron chi connectivity index (χ2n) is 4.99. The zero-order valence-corrected chi connectivity index (χ0v) is 9.96. The van der Waals surface area contributed by atoms with E-state index in [1.807, 2.05) is 6.92 Å². The van der Waals surface area contributed by atoms with E-state index in [0.717, 1.165) is 0 Å². The van der Waals surface area contributed by atoms with Crippen LogP contribution in [0.15, 0.2) is 17.4 Å². The van der Waals surface area contributed by atoms with Gasteiger partial charge in [0.2, 0.25) is 0 Å². The lowest BCUT2D eigenvalue weighted by atomic mass is 9.90. The molecule has 96 valence electrons. The van der Waals surface area contributed by atoms with E-state index in [1.54, 1.807) is 10.9 Å². The lowest BCUT2D eigenvalue weighted by molar-refractivity contribution is 0.0464. The van der Waals surface area contributed by atoms with Crippen molar-refractivity contribution in [2.24, 2.45) is 5.41 Å². The molecule has 1 saturated heterocycles. The summed E-state index contributed by atoms with van der Waals surface area (Å²) in [5.74, 6) is 0. The summed E-state index contributed by atoms with van der Waals surface area (Å²) in [6.45, 7) is 2.52. The predicted octanol–water partition coefficient (Wildman–Crippen LogP) is 0.0371. The van der Waals surface area contributed by atoms with Gasteiger partial charge in [-0.2, -0.15) is 0 Å². The van der Waals surface area contributed by atoms with E-state index < -0.39 is 0 Å². The molecule has 2 N–H and O–H groups in total. The molecule has 7 nitrogen and oxygen atoms in total. The van der Waals surface area contributed by atoms with E-state index in [1.165, 1.54) is 6.33 Å². The molecular formula is C11H14N4O3. The highest BCUT2D eigenvalue weighted by molar-refractivity contribution is 5.68. The molecule has 0 bridgehead atoms. The molecule has 3 heterocycles. The number of aromatic amines is 1. The van der Waals surface area contributed by atoms with Gasteiger partial charge in [0.15, 0.2) is 11.2 Å². The van der Waals surface area contributed by atoms with Crippen molar-refractivity contribution in [1.82, 2.24) is 19.5 Å². The Kier molecular flexibility index (Phi) is 2.46. The molecule has 0 aromatic carbocycles. The van der Waals surface area contributed by atoms with Crippen LogP contribution in [0, 0.1) is 5.41 Å². The number of aliphatic hydroxyl groups excluding tert-OH is 1. The number of hydrogen-bond acceptors (Lipinski definition) is 5. The first-order valence-electron chi connectivity index (χ1n) is 5.76. The van der Waals surface area contributed by atoms with Gasteiger partial charge >= 0.3 is 0 Å². The Labute approximate surface area is 102 Å². The number of nitrogens with zero attached hydrogens (tertiary/aromatic N) is 3. The summed E-state index contributed by atoms with van der Waals surface area (Å²) >= 11 is 0. The number of ether oxygens (including phenoxy) is 1. The molecule has 2 aromatic rings. The Morgan fingerprint density at radius 3 is 3.22 bits per heavy atom. The van der Waals surface area contributed by atoms with Crippen molar-refractivity contribution in [3.63, 3.8) is 0 Å². The molecule has 1 fully saturated rings. The average molecular weight is 250 g/mol. The van der Waals surface area contributed by atoms with Crippen LogP contribution in [-0.4, -0.2) is 37.8 Å². The van der Waals surface area contributed by atoms with Crippen molar-refractivity contribution in [3.8, 4) is 0 Å². The first kappa shape index (κ1) is 11.4. The number of hydrogen-bond donors (Lipinski definition) is 2. The van der Waals surface area contributed by atoms with Crippen LogP contribution >= 0.6 is 0 Å². The molecule has 0 saturated carbocycles. The standard InChI is InChI=1S/C11H14N4O3/c1-11(3-16)2-7(18-4-11)15-6-14-8-9(15)12-5-13-10(8)17/h5-7,16H,2-4H2,1H3,(H,12,13,17)/t7-,11+/m0/s1. The van der Waals surface area contributed by atoms with Gasteiger partial charge in [-0.05, 0) is 0 Å². The first-order valence-corrected chi connectivity index (χ1v) is 5.76. The van der Waals surface area contributed by atoms with E-state index in [2.05, 4.69) is 15.0 Å². The Balaban J connectivity index is 2.02. The van der Waals surface area contributed by atoms with Crippen LogP contribution in [0.4, 0.5) is 0 Å². The van der Waals surface area contributed by atoms with Crippen molar-refractivity contribution in [2.45, 2.75) is 19.6 Å². The number of H-pyrrole nitrogens is 1. The molecule has 18 heavy (non-hydrogen) atoms. The van der Waals surface area contributed by atoms with Crippen LogP contribution in [0.1, 0.15) is 19.6 Å². The van der Waals surface area contributed by atoms with Crippen LogP contribution in [0.25, 0.3) is 11.2 Å². The largest absolute Gasteiger partial charge is 0.396 e.